The molecule has 0 aliphatic carbocycles. The van der Waals surface area contributed by atoms with Crippen molar-refractivity contribution < 1.29 is 4.79 Å². The molecule has 0 aliphatic heterocycles. The second-order valence-electron chi connectivity index (χ2n) is 5.57. The lowest BCUT2D eigenvalue weighted by Crippen LogP contribution is -2.15. The smallest absolute Gasteiger partial charge is 0.259 e. The summed E-state index contributed by atoms with van der Waals surface area (Å²) in [6.07, 6.45) is 5.23. The summed E-state index contributed by atoms with van der Waals surface area (Å²) in [7, 11) is 0. The van der Waals surface area contributed by atoms with Crippen LogP contribution in [-0.4, -0.2) is 25.7 Å². The SMILES string of the molecule is Cc1nc(NC(=O)c2ccccc2-n2cccn2)sc1-c1ccccn1. The topological polar surface area (TPSA) is 72.7 Å². The minimum absolute atomic E-state index is 0.225. The van der Waals surface area contributed by atoms with E-state index in [-0.39, 0.29) is 5.91 Å². The molecule has 0 radical (unpaired) electrons. The molecule has 3 aromatic heterocycles. The van der Waals surface area contributed by atoms with Crippen LogP contribution in [0.2, 0.25) is 0 Å². The summed E-state index contributed by atoms with van der Waals surface area (Å²) in [5.74, 6) is -0.225. The van der Waals surface area contributed by atoms with Crippen LogP contribution in [0.4, 0.5) is 5.13 Å². The van der Waals surface area contributed by atoms with Crippen molar-refractivity contribution in [3.05, 3.63) is 78.4 Å². The molecule has 26 heavy (non-hydrogen) atoms. The van der Waals surface area contributed by atoms with Crippen LogP contribution in [0, 0.1) is 6.92 Å². The molecule has 0 aliphatic rings. The fourth-order valence-electron chi connectivity index (χ4n) is 2.63. The van der Waals surface area contributed by atoms with Crippen LogP contribution >= 0.6 is 11.3 Å². The minimum atomic E-state index is -0.225. The predicted molar refractivity (Wildman–Crippen MR) is 102 cm³/mol. The number of carbonyl (C=O) groups excluding carboxylic acids is 1. The van der Waals surface area contributed by atoms with Crippen LogP contribution in [0.25, 0.3) is 16.3 Å². The fourth-order valence-corrected chi connectivity index (χ4v) is 3.56. The summed E-state index contributed by atoms with van der Waals surface area (Å²) >= 11 is 1.41. The van der Waals surface area contributed by atoms with Crippen molar-refractivity contribution in [3.63, 3.8) is 0 Å². The summed E-state index contributed by atoms with van der Waals surface area (Å²) in [4.78, 5) is 22.6. The molecule has 4 rings (SSSR count). The van der Waals surface area contributed by atoms with E-state index >= 15 is 0 Å². The Kier molecular flexibility index (Phi) is 4.28. The van der Waals surface area contributed by atoms with Crippen molar-refractivity contribution in [1.82, 2.24) is 19.7 Å². The molecule has 4 aromatic rings. The molecule has 0 spiro atoms. The number of hydrogen-bond acceptors (Lipinski definition) is 5. The maximum absolute atomic E-state index is 12.8. The summed E-state index contributed by atoms with van der Waals surface area (Å²) in [6, 6.07) is 14.9. The Bertz CT molecular complexity index is 1040. The van der Waals surface area contributed by atoms with Crippen molar-refractivity contribution in [2.24, 2.45) is 0 Å². The molecule has 0 saturated heterocycles. The van der Waals surface area contributed by atoms with E-state index in [1.807, 2.05) is 49.4 Å². The molecule has 0 unspecified atom stereocenters. The summed E-state index contributed by atoms with van der Waals surface area (Å²) in [5.41, 5.74) is 2.93. The van der Waals surface area contributed by atoms with E-state index in [2.05, 4.69) is 20.4 Å². The molecular weight excluding hydrogens is 346 g/mol. The Hall–Kier alpha value is -3.32. The number of carbonyl (C=O) groups is 1. The van der Waals surface area contributed by atoms with E-state index in [9.17, 15) is 4.79 Å². The molecule has 128 valence electrons. The lowest BCUT2D eigenvalue weighted by atomic mass is 10.1. The maximum Gasteiger partial charge on any atom is 0.259 e. The van der Waals surface area contributed by atoms with Gasteiger partial charge in [-0.05, 0) is 37.3 Å². The molecular formula is C19H15N5OS. The zero-order valence-corrected chi connectivity index (χ0v) is 14.8. The molecule has 0 saturated carbocycles. The average molecular weight is 361 g/mol. The monoisotopic (exact) mass is 361 g/mol. The van der Waals surface area contributed by atoms with E-state index in [1.54, 1.807) is 29.3 Å². The number of amides is 1. The number of aryl methyl sites for hydroxylation is 1. The van der Waals surface area contributed by atoms with E-state index in [0.717, 1.165) is 16.3 Å². The van der Waals surface area contributed by atoms with Crippen LogP contribution in [-0.2, 0) is 0 Å². The lowest BCUT2D eigenvalue weighted by Gasteiger charge is -2.08. The van der Waals surface area contributed by atoms with Gasteiger partial charge in [0, 0.05) is 18.6 Å². The van der Waals surface area contributed by atoms with Crippen LogP contribution in [0.15, 0.2) is 67.1 Å². The first-order chi connectivity index (χ1) is 12.7. The van der Waals surface area contributed by atoms with E-state index in [1.165, 1.54) is 11.3 Å². The van der Waals surface area contributed by atoms with Crippen LogP contribution in [0.3, 0.4) is 0 Å². The molecule has 1 amide bonds. The highest BCUT2D eigenvalue weighted by atomic mass is 32.1. The Morgan fingerprint density at radius 1 is 1.08 bits per heavy atom. The van der Waals surface area contributed by atoms with Crippen LogP contribution in [0.1, 0.15) is 16.1 Å². The Morgan fingerprint density at radius 2 is 1.92 bits per heavy atom. The van der Waals surface area contributed by atoms with Gasteiger partial charge < -0.3 is 0 Å². The molecule has 1 N–H and O–H groups in total. The van der Waals surface area contributed by atoms with Gasteiger partial charge in [-0.25, -0.2) is 9.67 Å². The number of nitrogens with one attached hydrogen (secondary N) is 1. The molecule has 0 fully saturated rings. The molecule has 0 bridgehead atoms. The van der Waals surface area contributed by atoms with Gasteiger partial charge in [0.05, 0.1) is 27.5 Å². The first kappa shape index (κ1) is 16.2. The van der Waals surface area contributed by atoms with Crippen molar-refractivity contribution in [3.8, 4) is 16.3 Å². The lowest BCUT2D eigenvalue weighted by molar-refractivity contribution is 0.102. The summed E-state index contributed by atoms with van der Waals surface area (Å²) in [5, 5.41) is 7.65. The Labute approximate surface area is 154 Å². The third-order valence-electron chi connectivity index (χ3n) is 3.81. The summed E-state index contributed by atoms with van der Waals surface area (Å²) < 4.78 is 1.67. The minimum Gasteiger partial charge on any atom is -0.298 e. The van der Waals surface area contributed by atoms with Gasteiger partial charge in [0.25, 0.3) is 5.91 Å². The number of rotatable bonds is 4. The third-order valence-corrected chi connectivity index (χ3v) is 4.91. The number of thiazole rings is 1. The normalized spacial score (nSPS) is 10.7. The van der Waals surface area contributed by atoms with Gasteiger partial charge in [0.1, 0.15) is 0 Å². The van der Waals surface area contributed by atoms with Crippen molar-refractivity contribution in [1.29, 1.82) is 0 Å². The van der Waals surface area contributed by atoms with E-state index in [0.29, 0.717) is 16.4 Å². The molecule has 0 atom stereocenters. The van der Waals surface area contributed by atoms with Gasteiger partial charge in [0.2, 0.25) is 0 Å². The standard InChI is InChI=1S/C19H15N5OS/c1-13-17(15-8-4-5-10-20-15)26-19(22-13)23-18(25)14-7-2-3-9-16(14)24-12-6-11-21-24/h2-12H,1H3,(H,22,23,25). The first-order valence-electron chi connectivity index (χ1n) is 8.01. The van der Waals surface area contributed by atoms with Crippen molar-refractivity contribution in [2.45, 2.75) is 6.92 Å². The zero-order valence-electron chi connectivity index (χ0n) is 14.0. The Balaban J connectivity index is 1.62. The largest absolute Gasteiger partial charge is 0.298 e. The summed E-state index contributed by atoms with van der Waals surface area (Å²) in [6.45, 7) is 1.91. The van der Waals surface area contributed by atoms with E-state index < -0.39 is 0 Å². The van der Waals surface area contributed by atoms with Gasteiger partial charge in [0.15, 0.2) is 5.13 Å². The number of para-hydroxylation sites is 1. The number of aromatic nitrogens is 4. The third kappa shape index (κ3) is 3.12. The number of pyridine rings is 1. The van der Waals surface area contributed by atoms with Crippen LogP contribution in [0.5, 0.6) is 0 Å². The highest BCUT2D eigenvalue weighted by molar-refractivity contribution is 7.19. The van der Waals surface area contributed by atoms with Crippen molar-refractivity contribution >= 4 is 22.4 Å². The van der Waals surface area contributed by atoms with Gasteiger partial charge in [-0.3, -0.25) is 15.1 Å². The number of benzene rings is 1. The molecule has 3 heterocycles. The molecule has 7 heteroatoms. The second-order valence-corrected chi connectivity index (χ2v) is 6.57. The fraction of sp³-hybridized carbons (Fsp3) is 0.0526. The highest BCUT2D eigenvalue weighted by Gasteiger charge is 2.16. The van der Waals surface area contributed by atoms with Gasteiger partial charge in [-0.15, -0.1) is 0 Å². The van der Waals surface area contributed by atoms with Crippen LogP contribution < -0.4 is 5.32 Å². The number of nitrogens with zero attached hydrogens (tertiary/aromatic N) is 4. The van der Waals surface area contributed by atoms with Gasteiger partial charge in [-0.2, -0.15) is 5.10 Å². The quantitative estimate of drug-likeness (QED) is 0.597. The average Bonchev–Trinajstić information content (AvgIpc) is 3.32. The molecule has 6 nitrogen and oxygen atoms in total. The predicted octanol–water partition coefficient (Wildman–Crippen LogP) is 3.95. The second kappa shape index (κ2) is 6.89. The molecule has 1 aromatic carbocycles. The van der Waals surface area contributed by atoms with E-state index in [4.69, 9.17) is 0 Å². The van der Waals surface area contributed by atoms with Gasteiger partial charge >= 0.3 is 0 Å². The number of hydrogen-bond donors (Lipinski definition) is 1. The van der Waals surface area contributed by atoms with Crippen molar-refractivity contribution in [2.75, 3.05) is 5.32 Å². The first-order valence-corrected chi connectivity index (χ1v) is 8.83. The Morgan fingerprint density at radius 3 is 2.69 bits per heavy atom. The maximum atomic E-state index is 12.8. The highest BCUT2D eigenvalue weighted by Crippen LogP contribution is 2.31. The van der Waals surface area contributed by atoms with Gasteiger partial charge in [-0.1, -0.05) is 29.5 Å². The zero-order chi connectivity index (χ0) is 17.9. The number of anilines is 1.